The first-order valence-electron chi connectivity index (χ1n) is 13.5. The Labute approximate surface area is 239 Å². The normalized spacial score (nSPS) is 17.3. The second-order valence-corrected chi connectivity index (χ2v) is 12.2. The average Bonchev–Trinajstić information content (AvgIpc) is 3.73. The minimum Gasteiger partial charge on any atom is -0.486 e. The number of rotatable bonds is 9. The number of ether oxygens (including phenoxy) is 1. The summed E-state index contributed by atoms with van der Waals surface area (Å²) in [5, 5.41) is 17.0. The molecular weight excluding hydrogens is 544 g/mol. The lowest BCUT2D eigenvalue weighted by molar-refractivity contribution is -0.383. The molecule has 6 rings (SSSR count). The SMILES string of the molecule is CC1(COc2c(N3CCN(S(=O)Cc4ccc5cccnc5c4[N+](=O)[O-])CC3)cnn(-c3ccccc3)c2=O)CC1. The molecule has 0 spiro atoms. The molecule has 2 aromatic carbocycles. The Morgan fingerprint density at radius 2 is 1.80 bits per heavy atom. The summed E-state index contributed by atoms with van der Waals surface area (Å²) in [6.07, 6.45) is 5.31. The van der Waals surface area contributed by atoms with Crippen LogP contribution in [0.15, 0.2) is 71.8 Å². The van der Waals surface area contributed by atoms with Gasteiger partial charge in [-0.1, -0.05) is 43.3 Å². The number of pyridine rings is 1. The van der Waals surface area contributed by atoms with Crippen LogP contribution in [0.3, 0.4) is 0 Å². The third-order valence-electron chi connectivity index (χ3n) is 7.74. The van der Waals surface area contributed by atoms with Gasteiger partial charge in [-0.05, 0) is 31.0 Å². The van der Waals surface area contributed by atoms with Gasteiger partial charge in [-0.15, -0.1) is 0 Å². The summed E-state index contributed by atoms with van der Waals surface area (Å²) in [5.41, 5.74) is 1.62. The van der Waals surface area contributed by atoms with Crippen molar-refractivity contribution in [3.05, 3.63) is 93.0 Å². The zero-order valence-electron chi connectivity index (χ0n) is 22.6. The highest BCUT2D eigenvalue weighted by atomic mass is 32.2. The molecule has 0 amide bonds. The number of nitrogens with zero attached hydrogens (tertiary/aromatic N) is 6. The maximum absolute atomic E-state index is 13.6. The molecule has 0 bridgehead atoms. The van der Waals surface area contributed by atoms with Crippen molar-refractivity contribution in [2.24, 2.45) is 5.41 Å². The molecule has 0 radical (unpaired) electrons. The number of piperazine rings is 1. The quantitative estimate of drug-likeness (QED) is 0.218. The van der Waals surface area contributed by atoms with Crippen molar-refractivity contribution >= 4 is 33.3 Å². The van der Waals surface area contributed by atoms with Crippen LogP contribution in [-0.2, 0) is 16.7 Å². The summed E-state index contributed by atoms with van der Waals surface area (Å²) in [6, 6.07) is 16.2. The van der Waals surface area contributed by atoms with Gasteiger partial charge in [0, 0.05) is 48.7 Å². The van der Waals surface area contributed by atoms with Gasteiger partial charge < -0.3 is 9.64 Å². The fraction of sp³-hybridized carbons (Fsp3) is 0.345. The van der Waals surface area contributed by atoms with E-state index in [0.717, 1.165) is 12.8 Å². The highest BCUT2D eigenvalue weighted by Gasteiger charge is 2.39. The van der Waals surface area contributed by atoms with E-state index in [9.17, 15) is 19.1 Å². The Balaban J connectivity index is 1.20. The van der Waals surface area contributed by atoms with Crippen molar-refractivity contribution in [3.63, 3.8) is 0 Å². The van der Waals surface area contributed by atoms with Crippen molar-refractivity contribution in [2.45, 2.75) is 25.5 Å². The smallest absolute Gasteiger partial charge is 0.316 e. The first-order chi connectivity index (χ1) is 19.8. The van der Waals surface area contributed by atoms with Gasteiger partial charge in [0.2, 0.25) is 5.75 Å². The van der Waals surface area contributed by atoms with Gasteiger partial charge >= 0.3 is 5.56 Å². The molecule has 1 unspecified atom stereocenters. The summed E-state index contributed by atoms with van der Waals surface area (Å²) in [7, 11) is -1.48. The van der Waals surface area contributed by atoms with Crippen molar-refractivity contribution in [1.29, 1.82) is 0 Å². The fourth-order valence-electron chi connectivity index (χ4n) is 5.00. The summed E-state index contributed by atoms with van der Waals surface area (Å²) >= 11 is 0. The van der Waals surface area contributed by atoms with Crippen LogP contribution >= 0.6 is 0 Å². The van der Waals surface area contributed by atoms with Crippen LogP contribution in [0.25, 0.3) is 16.6 Å². The minimum atomic E-state index is -1.48. The number of aromatic nitrogens is 3. The molecule has 2 fully saturated rings. The predicted molar refractivity (Wildman–Crippen MR) is 157 cm³/mol. The molecule has 2 aromatic heterocycles. The fourth-order valence-corrected chi connectivity index (χ4v) is 6.25. The maximum Gasteiger partial charge on any atom is 0.316 e. The van der Waals surface area contributed by atoms with Crippen LogP contribution in [0.4, 0.5) is 11.4 Å². The van der Waals surface area contributed by atoms with E-state index in [1.807, 2.05) is 39.5 Å². The molecule has 1 atom stereocenters. The minimum absolute atomic E-state index is 0.0183. The molecule has 12 heteroatoms. The van der Waals surface area contributed by atoms with E-state index in [1.165, 1.54) is 10.9 Å². The first kappa shape index (κ1) is 27.0. The highest BCUT2D eigenvalue weighted by Crippen LogP contribution is 2.45. The molecule has 0 N–H and O–H groups in total. The number of hydrogen-bond acceptors (Lipinski definition) is 8. The van der Waals surface area contributed by atoms with E-state index in [0.29, 0.717) is 60.6 Å². The van der Waals surface area contributed by atoms with Gasteiger partial charge in [0.15, 0.2) is 0 Å². The lowest BCUT2D eigenvalue weighted by Gasteiger charge is -2.35. The van der Waals surface area contributed by atoms with Crippen LogP contribution in [-0.4, -0.2) is 61.0 Å². The molecule has 2 aliphatic rings. The number of para-hydroxylation sites is 1. The molecular formula is C29H30N6O5S. The zero-order valence-corrected chi connectivity index (χ0v) is 23.5. The van der Waals surface area contributed by atoms with Gasteiger partial charge in [-0.25, -0.2) is 13.5 Å². The standard InChI is InChI=1S/C29H30N6O5S/c1-29(11-12-29)20-40-27-24(18-31-34(28(27)36)23-7-3-2-4-8-23)32-14-16-33(17-15-32)41(39)19-22-10-9-21-6-5-13-30-25(21)26(22)35(37)38/h2-10,13,18H,11-12,14-17,19-20H2,1H3. The van der Waals surface area contributed by atoms with Crippen molar-refractivity contribution in [2.75, 3.05) is 37.7 Å². The summed E-state index contributed by atoms with van der Waals surface area (Å²) in [4.78, 5) is 31.2. The maximum atomic E-state index is 13.6. The lowest BCUT2D eigenvalue weighted by Crippen LogP contribution is -2.47. The molecule has 41 heavy (non-hydrogen) atoms. The second-order valence-electron chi connectivity index (χ2n) is 10.8. The predicted octanol–water partition coefficient (Wildman–Crippen LogP) is 3.85. The van der Waals surface area contributed by atoms with Crippen LogP contribution in [0.1, 0.15) is 25.3 Å². The zero-order chi connectivity index (χ0) is 28.6. The lowest BCUT2D eigenvalue weighted by atomic mass is 10.1. The summed E-state index contributed by atoms with van der Waals surface area (Å²) in [5.74, 6) is 0.288. The average molecular weight is 575 g/mol. The molecule has 1 saturated heterocycles. The molecule has 1 aliphatic carbocycles. The second kappa shape index (κ2) is 11.0. The number of nitro benzene ring substituents is 1. The molecule has 3 heterocycles. The molecule has 1 saturated carbocycles. The van der Waals surface area contributed by atoms with E-state index in [1.54, 1.807) is 30.5 Å². The largest absolute Gasteiger partial charge is 0.486 e. The van der Waals surface area contributed by atoms with Crippen molar-refractivity contribution < 1.29 is 13.9 Å². The van der Waals surface area contributed by atoms with Crippen LogP contribution in [0.5, 0.6) is 5.75 Å². The molecule has 11 nitrogen and oxygen atoms in total. The Bertz CT molecular complexity index is 1680. The number of anilines is 1. The van der Waals surface area contributed by atoms with E-state index in [-0.39, 0.29) is 28.2 Å². The Morgan fingerprint density at radius 1 is 1.05 bits per heavy atom. The molecule has 1 aliphatic heterocycles. The highest BCUT2D eigenvalue weighted by molar-refractivity contribution is 7.81. The summed E-state index contributed by atoms with van der Waals surface area (Å²) < 4.78 is 22.7. The third kappa shape index (κ3) is 5.57. The van der Waals surface area contributed by atoms with E-state index >= 15 is 0 Å². The Hall–Kier alpha value is -4.16. The van der Waals surface area contributed by atoms with E-state index < -0.39 is 15.9 Å². The monoisotopic (exact) mass is 574 g/mol. The van der Waals surface area contributed by atoms with E-state index in [4.69, 9.17) is 4.74 Å². The number of benzene rings is 2. The molecule has 4 aromatic rings. The van der Waals surface area contributed by atoms with Crippen LogP contribution in [0.2, 0.25) is 0 Å². The molecule has 212 valence electrons. The van der Waals surface area contributed by atoms with Gasteiger partial charge in [-0.3, -0.25) is 14.9 Å². The van der Waals surface area contributed by atoms with Gasteiger partial charge in [0.05, 0.1) is 40.2 Å². The van der Waals surface area contributed by atoms with Gasteiger partial charge in [0.25, 0.3) is 5.69 Å². The summed E-state index contributed by atoms with van der Waals surface area (Å²) in [6.45, 7) is 4.50. The van der Waals surface area contributed by atoms with Gasteiger partial charge in [-0.2, -0.15) is 9.78 Å². The van der Waals surface area contributed by atoms with Gasteiger partial charge in [0.1, 0.15) is 11.2 Å². The van der Waals surface area contributed by atoms with E-state index in [2.05, 4.69) is 17.0 Å². The topological polar surface area (TPSA) is 124 Å². The first-order valence-corrected chi connectivity index (χ1v) is 14.8. The van der Waals surface area contributed by atoms with Crippen LogP contribution < -0.4 is 15.2 Å². The number of hydrogen-bond donors (Lipinski definition) is 0. The third-order valence-corrected chi connectivity index (χ3v) is 9.24. The number of fused-ring (bicyclic) bond motifs is 1. The van der Waals surface area contributed by atoms with Crippen LogP contribution in [0, 0.1) is 15.5 Å². The van der Waals surface area contributed by atoms with Crippen molar-refractivity contribution in [1.82, 2.24) is 19.1 Å². The number of nitro groups is 1. The Kier molecular flexibility index (Phi) is 7.26. The Morgan fingerprint density at radius 3 is 2.51 bits per heavy atom. The van der Waals surface area contributed by atoms with Crippen molar-refractivity contribution in [3.8, 4) is 11.4 Å².